The first-order valence-electron chi connectivity index (χ1n) is 7.66. The number of thiophene rings is 1. The summed E-state index contributed by atoms with van der Waals surface area (Å²) >= 11 is 1.35. The SMILES string of the molecule is CCCc1sc2c(c1C(=O)OC)c(=O)n(C)c(=O)n2CC(C)C. The highest BCUT2D eigenvalue weighted by molar-refractivity contribution is 7.19. The summed E-state index contributed by atoms with van der Waals surface area (Å²) in [6, 6.07) is 0. The van der Waals surface area contributed by atoms with Crippen LogP contribution in [-0.4, -0.2) is 22.2 Å². The molecule has 0 spiro atoms. The zero-order chi connectivity index (χ0) is 17.3. The Kier molecular flexibility index (Phi) is 5.09. The Morgan fingerprint density at radius 3 is 2.48 bits per heavy atom. The standard InChI is InChI=1S/C16H22N2O4S/c1-6-7-10-11(15(20)22-5)12-13(19)17(4)16(21)18(8-9(2)3)14(12)23-10/h9H,6-8H2,1-5H3. The average Bonchev–Trinajstić information content (AvgIpc) is 2.88. The third-order valence-electron chi connectivity index (χ3n) is 3.66. The Balaban J connectivity index is 2.97. The first-order chi connectivity index (χ1) is 10.8. The van der Waals surface area contributed by atoms with Crippen molar-refractivity contribution in [2.75, 3.05) is 7.11 Å². The molecule has 0 unspecified atom stereocenters. The van der Waals surface area contributed by atoms with Gasteiger partial charge in [-0.2, -0.15) is 0 Å². The molecule has 0 bridgehead atoms. The molecule has 2 aromatic heterocycles. The van der Waals surface area contributed by atoms with E-state index < -0.39 is 11.5 Å². The quantitative estimate of drug-likeness (QED) is 0.783. The molecule has 0 aliphatic heterocycles. The van der Waals surface area contributed by atoms with Crippen molar-refractivity contribution in [2.45, 2.75) is 40.2 Å². The lowest BCUT2D eigenvalue weighted by Crippen LogP contribution is -2.38. The minimum atomic E-state index is -0.522. The third-order valence-corrected chi connectivity index (χ3v) is 4.93. The van der Waals surface area contributed by atoms with E-state index in [0.717, 1.165) is 15.9 Å². The molecule has 6 nitrogen and oxygen atoms in total. The van der Waals surface area contributed by atoms with Crippen LogP contribution in [0.15, 0.2) is 9.59 Å². The van der Waals surface area contributed by atoms with E-state index in [1.807, 2.05) is 20.8 Å². The molecule has 0 amide bonds. The molecule has 23 heavy (non-hydrogen) atoms. The molecule has 0 aliphatic carbocycles. The first-order valence-corrected chi connectivity index (χ1v) is 8.48. The molecule has 0 fully saturated rings. The van der Waals surface area contributed by atoms with Crippen LogP contribution in [0, 0.1) is 5.92 Å². The maximum Gasteiger partial charge on any atom is 0.339 e. The molecule has 2 aromatic rings. The second-order valence-corrected chi connectivity index (χ2v) is 7.06. The van der Waals surface area contributed by atoms with Crippen LogP contribution in [0.3, 0.4) is 0 Å². The fraction of sp³-hybridized carbons (Fsp3) is 0.562. The van der Waals surface area contributed by atoms with Crippen molar-refractivity contribution in [1.29, 1.82) is 0 Å². The Bertz CT molecular complexity index is 858. The maximum absolute atomic E-state index is 12.6. The summed E-state index contributed by atoms with van der Waals surface area (Å²) in [4.78, 5) is 38.6. The summed E-state index contributed by atoms with van der Waals surface area (Å²) in [5.74, 6) is -0.279. The molecule has 0 radical (unpaired) electrons. The smallest absolute Gasteiger partial charge is 0.339 e. The van der Waals surface area contributed by atoms with Crippen LogP contribution in [0.5, 0.6) is 0 Å². The van der Waals surface area contributed by atoms with E-state index in [-0.39, 0.29) is 11.6 Å². The highest BCUT2D eigenvalue weighted by atomic mass is 32.1. The normalized spacial score (nSPS) is 11.4. The molecule has 0 N–H and O–H groups in total. The molecular weight excluding hydrogens is 316 g/mol. The summed E-state index contributed by atoms with van der Waals surface area (Å²) in [5, 5.41) is 0.299. The van der Waals surface area contributed by atoms with E-state index in [0.29, 0.717) is 28.7 Å². The van der Waals surface area contributed by atoms with Gasteiger partial charge in [0.05, 0.1) is 18.1 Å². The number of aromatic nitrogens is 2. The van der Waals surface area contributed by atoms with Gasteiger partial charge in [-0.1, -0.05) is 27.2 Å². The van der Waals surface area contributed by atoms with Crippen molar-refractivity contribution in [3.63, 3.8) is 0 Å². The van der Waals surface area contributed by atoms with Gasteiger partial charge in [-0.25, -0.2) is 9.59 Å². The van der Waals surface area contributed by atoms with Gasteiger partial charge in [0.15, 0.2) is 0 Å². The third kappa shape index (κ3) is 2.97. The Morgan fingerprint density at radius 2 is 1.96 bits per heavy atom. The van der Waals surface area contributed by atoms with Gasteiger partial charge in [0.1, 0.15) is 4.83 Å². The molecule has 0 atom stereocenters. The Labute approximate surface area is 138 Å². The van der Waals surface area contributed by atoms with Gasteiger partial charge in [0.25, 0.3) is 5.56 Å². The predicted octanol–water partition coefficient (Wildman–Crippen LogP) is 2.16. The number of hydrogen-bond donors (Lipinski definition) is 0. The number of aryl methyl sites for hydroxylation is 1. The number of hydrogen-bond acceptors (Lipinski definition) is 5. The van der Waals surface area contributed by atoms with Crippen molar-refractivity contribution in [3.05, 3.63) is 31.3 Å². The van der Waals surface area contributed by atoms with Crippen molar-refractivity contribution in [2.24, 2.45) is 13.0 Å². The highest BCUT2D eigenvalue weighted by Crippen LogP contribution is 2.30. The van der Waals surface area contributed by atoms with Gasteiger partial charge in [0.2, 0.25) is 0 Å². The lowest BCUT2D eigenvalue weighted by atomic mass is 10.1. The van der Waals surface area contributed by atoms with E-state index in [2.05, 4.69) is 0 Å². The lowest BCUT2D eigenvalue weighted by molar-refractivity contribution is 0.0602. The number of ether oxygens (including phenoxy) is 1. The average molecular weight is 338 g/mol. The molecule has 0 saturated carbocycles. The molecule has 0 aromatic carbocycles. The second-order valence-electron chi connectivity index (χ2n) is 5.97. The number of rotatable bonds is 5. The van der Waals surface area contributed by atoms with Gasteiger partial charge < -0.3 is 4.74 Å². The van der Waals surface area contributed by atoms with Crippen LogP contribution >= 0.6 is 11.3 Å². The van der Waals surface area contributed by atoms with Gasteiger partial charge in [0, 0.05) is 18.5 Å². The van der Waals surface area contributed by atoms with Crippen LogP contribution in [0.4, 0.5) is 0 Å². The number of methoxy groups -OCH3 is 1. The van der Waals surface area contributed by atoms with E-state index in [1.54, 1.807) is 4.57 Å². The Morgan fingerprint density at radius 1 is 1.30 bits per heavy atom. The minimum Gasteiger partial charge on any atom is -0.465 e. The minimum absolute atomic E-state index is 0.242. The maximum atomic E-state index is 12.6. The predicted molar refractivity (Wildman–Crippen MR) is 91.5 cm³/mol. The monoisotopic (exact) mass is 338 g/mol. The van der Waals surface area contributed by atoms with Crippen molar-refractivity contribution >= 4 is 27.5 Å². The van der Waals surface area contributed by atoms with Gasteiger partial charge in [-0.15, -0.1) is 11.3 Å². The molecular formula is C16H22N2O4S. The van der Waals surface area contributed by atoms with Crippen LogP contribution in [0.2, 0.25) is 0 Å². The summed E-state index contributed by atoms with van der Waals surface area (Å²) < 4.78 is 7.53. The first kappa shape index (κ1) is 17.5. The molecule has 2 rings (SSSR count). The van der Waals surface area contributed by atoms with Gasteiger partial charge in [-0.3, -0.25) is 13.9 Å². The fourth-order valence-electron chi connectivity index (χ4n) is 2.62. The molecule has 0 aliphatic rings. The summed E-state index contributed by atoms with van der Waals surface area (Å²) in [6.45, 7) is 6.51. The zero-order valence-electron chi connectivity index (χ0n) is 14.1. The Hall–Kier alpha value is -1.89. The number of nitrogens with zero attached hydrogens (tertiary/aromatic N) is 2. The molecule has 7 heteroatoms. The number of fused-ring (bicyclic) bond motifs is 1. The van der Waals surface area contributed by atoms with Gasteiger partial charge in [-0.05, 0) is 12.3 Å². The summed E-state index contributed by atoms with van der Waals surface area (Å²) in [7, 11) is 2.75. The number of carbonyl (C=O) groups is 1. The number of carbonyl (C=O) groups excluding carboxylic acids is 1. The molecule has 126 valence electrons. The second kappa shape index (κ2) is 6.70. The topological polar surface area (TPSA) is 70.3 Å². The van der Waals surface area contributed by atoms with E-state index in [4.69, 9.17) is 4.74 Å². The van der Waals surface area contributed by atoms with E-state index in [9.17, 15) is 14.4 Å². The number of esters is 1. The highest BCUT2D eigenvalue weighted by Gasteiger charge is 2.25. The van der Waals surface area contributed by atoms with E-state index >= 15 is 0 Å². The van der Waals surface area contributed by atoms with Gasteiger partial charge >= 0.3 is 11.7 Å². The van der Waals surface area contributed by atoms with Crippen molar-refractivity contribution in [3.8, 4) is 0 Å². The van der Waals surface area contributed by atoms with Crippen LogP contribution < -0.4 is 11.2 Å². The molecule has 2 heterocycles. The van der Waals surface area contributed by atoms with Crippen LogP contribution in [-0.2, 0) is 24.8 Å². The molecule has 0 saturated heterocycles. The lowest BCUT2D eigenvalue weighted by Gasteiger charge is -2.11. The van der Waals surface area contributed by atoms with Crippen LogP contribution in [0.1, 0.15) is 42.4 Å². The zero-order valence-corrected chi connectivity index (χ0v) is 15.0. The van der Waals surface area contributed by atoms with Crippen LogP contribution in [0.25, 0.3) is 10.2 Å². The van der Waals surface area contributed by atoms with Crippen molar-refractivity contribution < 1.29 is 9.53 Å². The van der Waals surface area contributed by atoms with Crippen molar-refractivity contribution in [1.82, 2.24) is 9.13 Å². The van der Waals surface area contributed by atoms with E-state index in [1.165, 1.54) is 25.5 Å². The fourth-order valence-corrected chi connectivity index (χ4v) is 4.00. The largest absolute Gasteiger partial charge is 0.465 e. The summed E-state index contributed by atoms with van der Waals surface area (Å²) in [6.07, 6.45) is 1.51. The summed E-state index contributed by atoms with van der Waals surface area (Å²) in [5.41, 5.74) is -0.478.